The molecule has 0 atom stereocenters. The van der Waals surface area contributed by atoms with Gasteiger partial charge >= 0.3 is 0 Å². The van der Waals surface area contributed by atoms with Gasteiger partial charge in [-0.2, -0.15) is 0 Å². The molecule has 0 saturated heterocycles. The van der Waals surface area contributed by atoms with Gasteiger partial charge in [0.15, 0.2) is 0 Å². The molecule has 0 fully saturated rings. The van der Waals surface area contributed by atoms with Crippen molar-refractivity contribution < 1.29 is 9.84 Å². The molecule has 82 valence electrons. The summed E-state index contributed by atoms with van der Waals surface area (Å²) >= 11 is 6.01. The van der Waals surface area contributed by atoms with E-state index in [1.54, 1.807) is 13.2 Å². The second kappa shape index (κ2) is 4.58. The Hall–Kier alpha value is -1.15. The predicted molar refractivity (Wildman–Crippen MR) is 63.0 cm³/mol. The number of hydrogen-bond donors (Lipinski definition) is 1. The second-order valence-electron chi connectivity index (χ2n) is 3.42. The molecule has 1 rings (SSSR count). The molecule has 0 unspecified atom stereocenters. The van der Waals surface area contributed by atoms with E-state index in [0.29, 0.717) is 22.8 Å². The summed E-state index contributed by atoms with van der Waals surface area (Å²) in [7, 11) is 1.59. The molecule has 0 radical (unpaired) electrons. The van der Waals surface area contributed by atoms with E-state index in [1.807, 2.05) is 13.8 Å². The lowest BCUT2D eigenvalue weighted by Gasteiger charge is -2.16. The fourth-order valence-electron chi connectivity index (χ4n) is 1.59. The Bertz CT molecular complexity index is 397. The first-order valence-corrected chi connectivity index (χ1v) is 5.07. The summed E-state index contributed by atoms with van der Waals surface area (Å²) in [4.78, 5) is 0. The molecule has 1 aromatic carbocycles. The average molecular weight is 227 g/mol. The van der Waals surface area contributed by atoms with E-state index in [1.165, 1.54) is 0 Å². The normalized spacial score (nSPS) is 10.1. The van der Waals surface area contributed by atoms with Gasteiger partial charge in [0.05, 0.1) is 12.1 Å². The fraction of sp³-hybridized carbons (Fsp3) is 0.333. The van der Waals surface area contributed by atoms with Gasteiger partial charge in [0.2, 0.25) is 0 Å². The van der Waals surface area contributed by atoms with Crippen LogP contribution in [0, 0.1) is 13.8 Å². The molecule has 0 aliphatic rings. The van der Waals surface area contributed by atoms with Crippen LogP contribution in [-0.2, 0) is 6.42 Å². The van der Waals surface area contributed by atoms with E-state index in [0.717, 1.165) is 11.1 Å². The van der Waals surface area contributed by atoms with Gasteiger partial charge < -0.3 is 9.84 Å². The molecular weight excluding hydrogens is 212 g/mol. The Morgan fingerprint density at radius 1 is 1.40 bits per heavy atom. The SMILES string of the molecule is C=CCc1c(O)c(Cl)c(C)c(C)c1OC. The number of methoxy groups -OCH3 is 1. The standard InChI is InChI=1S/C12H15ClO2/c1-5-6-9-11(14)10(13)7(2)8(3)12(9)15-4/h5,14H,1,6H2,2-4H3. The van der Waals surface area contributed by atoms with Gasteiger partial charge in [-0.25, -0.2) is 0 Å². The minimum Gasteiger partial charge on any atom is -0.506 e. The molecule has 0 aromatic heterocycles. The monoisotopic (exact) mass is 226 g/mol. The molecule has 0 spiro atoms. The quantitative estimate of drug-likeness (QED) is 0.801. The second-order valence-corrected chi connectivity index (χ2v) is 3.80. The molecule has 0 amide bonds. The highest BCUT2D eigenvalue weighted by molar-refractivity contribution is 6.33. The van der Waals surface area contributed by atoms with E-state index >= 15 is 0 Å². The number of ether oxygens (including phenoxy) is 1. The molecule has 1 aromatic rings. The average Bonchev–Trinajstić information content (AvgIpc) is 2.24. The number of allylic oxidation sites excluding steroid dienone is 1. The van der Waals surface area contributed by atoms with Gasteiger partial charge in [0.1, 0.15) is 11.5 Å². The number of phenolic OH excluding ortho intramolecular Hbond substituents is 1. The molecule has 3 heteroatoms. The highest BCUT2D eigenvalue weighted by atomic mass is 35.5. The summed E-state index contributed by atoms with van der Waals surface area (Å²) in [6, 6.07) is 0. The highest BCUT2D eigenvalue weighted by Gasteiger charge is 2.17. The van der Waals surface area contributed by atoms with Crippen molar-refractivity contribution >= 4 is 11.6 Å². The van der Waals surface area contributed by atoms with Crippen molar-refractivity contribution in [3.63, 3.8) is 0 Å². The van der Waals surface area contributed by atoms with E-state index in [9.17, 15) is 5.11 Å². The van der Waals surface area contributed by atoms with Crippen LogP contribution < -0.4 is 4.74 Å². The van der Waals surface area contributed by atoms with Gasteiger partial charge in [-0.3, -0.25) is 0 Å². The van der Waals surface area contributed by atoms with Crippen molar-refractivity contribution in [2.45, 2.75) is 20.3 Å². The Balaban J connectivity index is 3.53. The lowest BCUT2D eigenvalue weighted by molar-refractivity contribution is 0.397. The summed E-state index contributed by atoms with van der Waals surface area (Å²) < 4.78 is 5.28. The summed E-state index contributed by atoms with van der Waals surface area (Å²) in [5, 5.41) is 10.3. The van der Waals surface area contributed by atoms with Crippen LogP contribution in [0.25, 0.3) is 0 Å². The van der Waals surface area contributed by atoms with Crippen LogP contribution in [0.5, 0.6) is 11.5 Å². The zero-order valence-electron chi connectivity index (χ0n) is 9.22. The van der Waals surface area contributed by atoms with Crippen molar-refractivity contribution in [2.24, 2.45) is 0 Å². The largest absolute Gasteiger partial charge is 0.506 e. The molecule has 0 aliphatic carbocycles. The van der Waals surface area contributed by atoms with Gasteiger partial charge in [-0.05, 0) is 31.4 Å². The van der Waals surface area contributed by atoms with Crippen LogP contribution in [0.3, 0.4) is 0 Å². The van der Waals surface area contributed by atoms with Crippen LogP contribution in [0.15, 0.2) is 12.7 Å². The Labute approximate surface area is 95.1 Å². The van der Waals surface area contributed by atoms with E-state index in [-0.39, 0.29) is 5.75 Å². The molecule has 0 heterocycles. The number of benzene rings is 1. The molecule has 0 bridgehead atoms. The topological polar surface area (TPSA) is 29.5 Å². The highest BCUT2D eigenvalue weighted by Crippen LogP contribution is 2.40. The summed E-state index contributed by atoms with van der Waals surface area (Å²) in [6.45, 7) is 7.43. The third-order valence-corrected chi connectivity index (χ3v) is 3.02. The van der Waals surface area contributed by atoms with Gasteiger partial charge in [-0.15, -0.1) is 6.58 Å². The number of hydrogen-bond acceptors (Lipinski definition) is 2. The molecule has 2 nitrogen and oxygen atoms in total. The third-order valence-electron chi connectivity index (χ3n) is 2.55. The number of aromatic hydroxyl groups is 1. The molecule has 0 saturated carbocycles. The van der Waals surface area contributed by atoms with Crippen LogP contribution in [-0.4, -0.2) is 12.2 Å². The van der Waals surface area contributed by atoms with Crippen LogP contribution in [0.1, 0.15) is 16.7 Å². The maximum absolute atomic E-state index is 9.89. The zero-order chi connectivity index (χ0) is 11.6. The summed E-state index contributed by atoms with van der Waals surface area (Å²) in [6.07, 6.45) is 2.25. The van der Waals surface area contributed by atoms with Gasteiger partial charge in [-0.1, -0.05) is 17.7 Å². The zero-order valence-corrected chi connectivity index (χ0v) is 9.98. The van der Waals surface area contributed by atoms with Crippen molar-refractivity contribution in [3.8, 4) is 11.5 Å². The lowest BCUT2D eigenvalue weighted by atomic mass is 10.0. The van der Waals surface area contributed by atoms with Gasteiger partial charge in [0, 0.05) is 5.56 Å². The first-order valence-electron chi connectivity index (χ1n) is 4.70. The van der Waals surface area contributed by atoms with Crippen LogP contribution in [0.4, 0.5) is 0 Å². The minimum absolute atomic E-state index is 0.0940. The first-order chi connectivity index (χ1) is 7.04. The van der Waals surface area contributed by atoms with Crippen molar-refractivity contribution in [1.29, 1.82) is 0 Å². The lowest BCUT2D eigenvalue weighted by Crippen LogP contribution is -1.98. The van der Waals surface area contributed by atoms with Crippen LogP contribution >= 0.6 is 11.6 Å². The Kier molecular flexibility index (Phi) is 3.64. The molecular formula is C12H15ClO2. The van der Waals surface area contributed by atoms with Crippen molar-refractivity contribution in [2.75, 3.05) is 7.11 Å². The Morgan fingerprint density at radius 2 is 2.00 bits per heavy atom. The predicted octanol–water partition coefficient (Wildman–Crippen LogP) is 3.40. The maximum Gasteiger partial charge on any atom is 0.141 e. The van der Waals surface area contributed by atoms with E-state index < -0.39 is 0 Å². The minimum atomic E-state index is 0.0940. The first kappa shape index (κ1) is 11.9. The van der Waals surface area contributed by atoms with Gasteiger partial charge in [0.25, 0.3) is 0 Å². The molecule has 1 N–H and O–H groups in total. The summed E-state index contributed by atoms with van der Waals surface area (Å²) in [5.74, 6) is 0.783. The maximum atomic E-state index is 9.89. The molecule has 15 heavy (non-hydrogen) atoms. The van der Waals surface area contributed by atoms with Crippen LogP contribution in [0.2, 0.25) is 5.02 Å². The third kappa shape index (κ3) is 1.95. The number of halogens is 1. The fourth-order valence-corrected chi connectivity index (χ4v) is 1.84. The van der Waals surface area contributed by atoms with E-state index in [4.69, 9.17) is 16.3 Å². The smallest absolute Gasteiger partial charge is 0.141 e. The van der Waals surface area contributed by atoms with E-state index in [2.05, 4.69) is 6.58 Å². The number of phenols is 1. The van der Waals surface area contributed by atoms with Crippen molar-refractivity contribution in [1.82, 2.24) is 0 Å². The summed E-state index contributed by atoms with van der Waals surface area (Å²) in [5.41, 5.74) is 2.50. The van der Waals surface area contributed by atoms with Crippen molar-refractivity contribution in [3.05, 3.63) is 34.4 Å². The molecule has 0 aliphatic heterocycles. The number of rotatable bonds is 3. The Morgan fingerprint density at radius 3 is 2.47 bits per heavy atom.